The molecule has 0 saturated carbocycles. The van der Waals surface area contributed by atoms with Gasteiger partial charge in [-0.25, -0.2) is 8.78 Å². The molecule has 0 aliphatic rings. The minimum absolute atomic E-state index is 0.0626. The van der Waals surface area contributed by atoms with Gasteiger partial charge in [0.05, 0.1) is 6.20 Å². The van der Waals surface area contributed by atoms with Gasteiger partial charge in [-0.3, -0.25) is 9.89 Å². The monoisotopic (exact) mass is 248 g/mol. The Labute approximate surface area is 100 Å². The van der Waals surface area contributed by atoms with E-state index in [2.05, 4.69) is 15.5 Å². The normalized spacial score (nSPS) is 9.83. The quantitative estimate of drug-likeness (QED) is 0.850. The molecule has 0 fully saturated rings. The number of nitriles is 1. The Morgan fingerprint density at radius 3 is 2.83 bits per heavy atom. The first-order chi connectivity index (χ1) is 8.61. The molecular formula is C11H6F2N4O. The van der Waals surface area contributed by atoms with Crippen LogP contribution in [0, 0.1) is 23.0 Å². The van der Waals surface area contributed by atoms with Crippen molar-refractivity contribution in [2.24, 2.45) is 0 Å². The molecule has 0 unspecified atom stereocenters. The van der Waals surface area contributed by atoms with E-state index in [4.69, 9.17) is 5.26 Å². The number of amides is 1. The number of carbonyl (C=O) groups excluding carboxylic acids is 1. The van der Waals surface area contributed by atoms with E-state index in [1.54, 1.807) is 0 Å². The number of hydrogen-bond acceptors (Lipinski definition) is 3. The Bertz CT molecular complexity index is 645. The maximum Gasteiger partial charge on any atom is 0.256 e. The van der Waals surface area contributed by atoms with Crippen LogP contribution in [0.5, 0.6) is 0 Å². The molecular weight excluding hydrogens is 242 g/mol. The van der Waals surface area contributed by atoms with Gasteiger partial charge < -0.3 is 5.32 Å². The van der Waals surface area contributed by atoms with Crippen LogP contribution in [-0.4, -0.2) is 16.1 Å². The lowest BCUT2D eigenvalue weighted by atomic mass is 10.2. The number of H-pyrrole nitrogens is 1. The van der Waals surface area contributed by atoms with E-state index in [-0.39, 0.29) is 16.9 Å². The van der Waals surface area contributed by atoms with E-state index < -0.39 is 17.5 Å². The van der Waals surface area contributed by atoms with Gasteiger partial charge in [0, 0.05) is 5.56 Å². The standard InChI is InChI=1S/C11H6F2N4O/c12-8-2-1-6(3-9(8)13)11(18)16-10-7(4-14)5-15-17-10/h1-3,5H,(H2,15,16,17,18). The molecule has 0 spiro atoms. The van der Waals surface area contributed by atoms with Gasteiger partial charge in [0.1, 0.15) is 17.5 Å². The fourth-order valence-corrected chi connectivity index (χ4v) is 1.29. The summed E-state index contributed by atoms with van der Waals surface area (Å²) in [6.07, 6.45) is 1.24. The second kappa shape index (κ2) is 4.63. The summed E-state index contributed by atoms with van der Waals surface area (Å²) in [5.41, 5.74) is 0.0818. The van der Waals surface area contributed by atoms with Gasteiger partial charge in [-0.2, -0.15) is 10.4 Å². The zero-order valence-corrected chi connectivity index (χ0v) is 8.87. The largest absolute Gasteiger partial charge is 0.306 e. The lowest BCUT2D eigenvalue weighted by Crippen LogP contribution is -2.13. The molecule has 0 radical (unpaired) electrons. The number of nitrogens with one attached hydrogen (secondary N) is 2. The van der Waals surface area contributed by atoms with Crippen molar-refractivity contribution in [3.63, 3.8) is 0 Å². The third-order valence-electron chi connectivity index (χ3n) is 2.18. The summed E-state index contributed by atoms with van der Waals surface area (Å²) in [6.45, 7) is 0. The molecule has 1 aromatic carbocycles. The molecule has 0 atom stereocenters. The fourth-order valence-electron chi connectivity index (χ4n) is 1.29. The van der Waals surface area contributed by atoms with E-state index in [1.807, 2.05) is 6.07 Å². The predicted octanol–water partition coefficient (Wildman–Crippen LogP) is 1.81. The van der Waals surface area contributed by atoms with Crippen molar-refractivity contribution >= 4 is 11.7 Å². The number of anilines is 1. The molecule has 0 saturated heterocycles. The Balaban J connectivity index is 2.23. The maximum atomic E-state index is 12.9. The summed E-state index contributed by atoms with van der Waals surface area (Å²) in [4.78, 5) is 11.7. The molecule has 0 aliphatic heterocycles. The maximum absolute atomic E-state index is 12.9. The smallest absolute Gasteiger partial charge is 0.256 e. The number of hydrogen-bond donors (Lipinski definition) is 2. The Morgan fingerprint density at radius 2 is 2.17 bits per heavy atom. The molecule has 0 aliphatic carbocycles. The van der Waals surface area contributed by atoms with Crippen molar-refractivity contribution in [1.82, 2.24) is 10.2 Å². The number of aromatic nitrogens is 2. The SMILES string of the molecule is N#Cc1cn[nH]c1NC(=O)c1ccc(F)c(F)c1. The summed E-state index contributed by atoms with van der Waals surface area (Å²) in [7, 11) is 0. The van der Waals surface area contributed by atoms with Crippen LogP contribution in [0.4, 0.5) is 14.6 Å². The number of benzene rings is 1. The molecule has 7 heteroatoms. The third-order valence-corrected chi connectivity index (χ3v) is 2.18. The lowest BCUT2D eigenvalue weighted by Gasteiger charge is -2.03. The highest BCUT2D eigenvalue weighted by molar-refractivity contribution is 6.04. The van der Waals surface area contributed by atoms with Crippen LogP contribution in [0.2, 0.25) is 0 Å². The number of aromatic amines is 1. The van der Waals surface area contributed by atoms with Crippen LogP contribution < -0.4 is 5.32 Å². The molecule has 1 amide bonds. The first kappa shape index (κ1) is 11.7. The van der Waals surface area contributed by atoms with Crippen molar-refractivity contribution in [3.05, 3.63) is 47.2 Å². The van der Waals surface area contributed by atoms with Crippen molar-refractivity contribution in [1.29, 1.82) is 5.26 Å². The molecule has 2 N–H and O–H groups in total. The zero-order chi connectivity index (χ0) is 13.1. The summed E-state index contributed by atoms with van der Waals surface area (Å²) in [5.74, 6) is -2.72. The van der Waals surface area contributed by atoms with Gasteiger partial charge in [0.15, 0.2) is 11.6 Å². The Morgan fingerprint density at radius 1 is 1.39 bits per heavy atom. The van der Waals surface area contributed by atoms with Crippen LogP contribution in [0.3, 0.4) is 0 Å². The van der Waals surface area contributed by atoms with Gasteiger partial charge in [0.2, 0.25) is 0 Å². The fraction of sp³-hybridized carbons (Fsp3) is 0. The van der Waals surface area contributed by atoms with Crippen LogP contribution in [0.25, 0.3) is 0 Å². The summed E-state index contributed by atoms with van der Waals surface area (Å²) >= 11 is 0. The number of carbonyl (C=O) groups is 1. The van der Waals surface area contributed by atoms with Crippen molar-refractivity contribution in [3.8, 4) is 6.07 Å². The highest BCUT2D eigenvalue weighted by Gasteiger charge is 2.12. The van der Waals surface area contributed by atoms with E-state index >= 15 is 0 Å². The number of rotatable bonds is 2. The zero-order valence-electron chi connectivity index (χ0n) is 8.87. The predicted molar refractivity (Wildman–Crippen MR) is 57.6 cm³/mol. The molecule has 2 aromatic rings. The minimum Gasteiger partial charge on any atom is -0.306 e. The van der Waals surface area contributed by atoms with E-state index in [0.29, 0.717) is 0 Å². The molecule has 1 aromatic heterocycles. The highest BCUT2D eigenvalue weighted by atomic mass is 19.2. The van der Waals surface area contributed by atoms with Crippen molar-refractivity contribution in [2.75, 3.05) is 5.32 Å². The van der Waals surface area contributed by atoms with Crippen molar-refractivity contribution < 1.29 is 13.6 Å². The molecule has 0 bridgehead atoms. The van der Waals surface area contributed by atoms with Gasteiger partial charge in [-0.15, -0.1) is 0 Å². The Hall–Kier alpha value is -2.75. The topological polar surface area (TPSA) is 81.6 Å². The average Bonchev–Trinajstić information content (AvgIpc) is 2.79. The molecule has 1 heterocycles. The molecule has 90 valence electrons. The van der Waals surface area contributed by atoms with Crippen LogP contribution in [0.15, 0.2) is 24.4 Å². The second-order valence-electron chi connectivity index (χ2n) is 3.35. The number of nitrogens with zero attached hydrogens (tertiary/aromatic N) is 2. The molecule has 2 rings (SSSR count). The highest BCUT2D eigenvalue weighted by Crippen LogP contribution is 2.13. The van der Waals surface area contributed by atoms with Crippen molar-refractivity contribution in [2.45, 2.75) is 0 Å². The van der Waals surface area contributed by atoms with E-state index in [0.717, 1.165) is 18.2 Å². The summed E-state index contributed by atoms with van der Waals surface area (Å²) in [5, 5.41) is 17.0. The minimum atomic E-state index is -1.12. The lowest BCUT2D eigenvalue weighted by molar-refractivity contribution is 0.102. The average molecular weight is 248 g/mol. The number of halogens is 2. The molecule has 18 heavy (non-hydrogen) atoms. The summed E-state index contributed by atoms with van der Waals surface area (Å²) < 4.78 is 25.6. The Kier molecular flexibility index (Phi) is 3.02. The van der Waals surface area contributed by atoms with Gasteiger partial charge >= 0.3 is 0 Å². The van der Waals surface area contributed by atoms with Gasteiger partial charge in [-0.1, -0.05) is 0 Å². The summed E-state index contributed by atoms with van der Waals surface area (Å²) in [6, 6.07) is 4.57. The van der Waals surface area contributed by atoms with E-state index in [1.165, 1.54) is 6.20 Å². The first-order valence-electron chi connectivity index (χ1n) is 4.81. The molecule has 5 nitrogen and oxygen atoms in total. The first-order valence-corrected chi connectivity index (χ1v) is 4.81. The third kappa shape index (κ3) is 2.17. The van der Waals surface area contributed by atoms with Gasteiger partial charge in [-0.05, 0) is 18.2 Å². The van der Waals surface area contributed by atoms with Crippen LogP contribution in [0.1, 0.15) is 15.9 Å². The van der Waals surface area contributed by atoms with Crippen LogP contribution >= 0.6 is 0 Å². The van der Waals surface area contributed by atoms with E-state index in [9.17, 15) is 13.6 Å². The van der Waals surface area contributed by atoms with Gasteiger partial charge in [0.25, 0.3) is 5.91 Å². The van der Waals surface area contributed by atoms with Crippen LogP contribution in [-0.2, 0) is 0 Å². The second-order valence-corrected chi connectivity index (χ2v) is 3.35.